The van der Waals surface area contributed by atoms with E-state index in [-0.39, 0.29) is 6.71 Å². The number of aromatic nitrogens is 2. The van der Waals surface area contributed by atoms with E-state index in [9.17, 15) is 0 Å². The lowest BCUT2D eigenvalue weighted by molar-refractivity contribution is 0.464. The van der Waals surface area contributed by atoms with Gasteiger partial charge < -0.3 is 18.6 Å². The first kappa shape index (κ1) is 34.2. The van der Waals surface area contributed by atoms with Crippen molar-refractivity contribution in [3.05, 3.63) is 187 Å². The summed E-state index contributed by atoms with van der Waals surface area (Å²) in [6, 6.07) is 63.8. The standard InChI is InChI=1S/C56H35BN2O2S/c1-32-13-12-22-51-52(32)53-33(2)27-41-40-18-8-11-21-46(40)59(55(41)56(53)62-51)36-24-26-43-48(29-36)61-50-31-37(58-44-19-9-6-16-38(44)39-17-7-10-20-45(39)58)30-49-54(50)57(43)42-25-23-35(28-47(42)60-49)34-14-4-3-5-15-34/h3-31H,1-2H3. The van der Waals surface area contributed by atoms with Crippen LogP contribution in [-0.4, -0.2) is 15.8 Å². The van der Waals surface area contributed by atoms with Crippen LogP contribution in [0.4, 0.5) is 0 Å². The van der Waals surface area contributed by atoms with Crippen LogP contribution in [0.3, 0.4) is 0 Å². The highest BCUT2D eigenvalue weighted by atomic mass is 32.1. The summed E-state index contributed by atoms with van der Waals surface area (Å²) in [6.45, 7) is 4.42. The Kier molecular flexibility index (Phi) is 6.90. The van der Waals surface area contributed by atoms with Crippen molar-refractivity contribution >= 4 is 98.2 Å². The zero-order valence-electron chi connectivity index (χ0n) is 33.9. The number of hydrogen-bond donors (Lipinski definition) is 0. The predicted molar refractivity (Wildman–Crippen MR) is 261 cm³/mol. The maximum atomic E-state index is 7.22. The van der Waals surface area contributed by atoms with Crippen molar-refractivity contribution in [2.45, 2.75) is 13.8 Å². The average molecular weight is 811 g/mol. The summed E-state index contributed by atoms with van der Waals surface area (Å²) < 4.78 is 21.7. The first-order chi connectivity index (χ1) is 30.6. The molecule has 0 N–H and O–H groups in total. The number of fused-ring (bicyclic) bond motifs is 14. The molecule has 14 rings (SSSR count). The second kappa shape index (κ2) is 12.5. The summed E-state index contributed by atoms with van der Waals surface area (Å²) in [5, 5.41) is 7.65. The van der Waals surface area contributed by atoms with Gasteiger partial charge in [0.25, 0.3) is 6.71 Å². The van der Waals surface area contributed by atoms with Crippen LogP contribution >= 0.6 is 11.3 Å². The molecule has 0 aliphatic carbocycles. The predicted octanol–water partition coefficient (Wildman–Crippen LogP) is 13.3. The van der Waals surface area contributed by atoms with E-state index in [4.69, 9.17) is 9.47 Å². The molecule has 12 aromatic rings. The average Bonchev–Trinajstić information content (AvgIpc) is 3.98. The van der Waals surface area contributed by atoms with Gasteiger partial charge >= 0.3 is 0 Å². The summed E-state index contributed by atoms with van der Waals surface area (Å²) in [4.78, 5) is 0. The fourth-order valence-corrected chi connectivity index (χ4v) is 12.2. The molecule has 6 heteroatoms. The number of para-hydroxylation sites is 3. The van der Waals surface area contributed by atoms with Crippen LogP contribution in [0.5, 0.6) is 23.0 Å². The third-order valence-electron chi connectivity index (χ3n) is 13.5. The normalized spacial score (nSPS) is 12.9. The van der Waals surface area contributed by atoms with Gasteiger partial charge in [0.2, 0.25) is 0 Å². The first-order valence-corrected chi connectivity index (χ1v) is 22.1. The molecule has 2 aliphatic rings. The molecule has 0 radical (unpaired) electrons. The van der Waals surface area contributed by atoms with Gasteiger partial charge in [-0.25, -0.2) is 0 Å². The van der Waals surface area contributed by atoms with E-state index in [1.807, 2.05) is 11.3 Å². The van der Waals surface area contributed by atoms with E-state index in [0.29, 0.717) is 0 Å². The van der Waals surface area contributed by atoms with Crippen molar-refractivity contribution in [1.29, 1.82) is 0 Å². The van der Waals surface area contributed by atoms with Crippen LogP contribution in [0.25, 0.3) is 86.3 Å². The van der Waals surface area contributed by atoms with E-state index in [0.717, 1.165) is 72.9 Å². The van der Waals surface area contributed by atoms with Crippen LogP contribution in [0, 0.1) is 13.8 Å². The molecule has 9 aromatic carbocycles. The van der Waals surface area contributed by atoms with Gasteiger partial charge in [0.1, 0.15) is 23.0 Å². The van der Waals surface area contributed by atoms with Crippen molar-refractivity contribution < 1.29 is 9.47 Å². The lowest BCUT2D eigenvalue weighted by atomic mass is 9.35. The topological polar surface area (TPSA) is 28.3 Å². The van der Waals surface area contributed by atoms with E-state index in [2.05, 4.69) is 199 Å². The third-order valence-corrected chi connectivity index (χ3v) is 14.6. The molecule has 0 saturated carbocycles. The summed E-state index contributed by atoms with van der Waals surface area (Å²) in [5.41, 5.74) is 15.0. The van der Waals surface area contributed by atoms with Crippen LogP contribution in [-0.2, 0) is 0 Å². The molecule has 0 spiro atoms. The van der Waals surface area contributed by atoms with E-state index in [1.165, 1.54) is 63.9 Å². The van der Waals surface area contributed by atoms with Gasteiger partial charge in [-0.05, 0) is 89.5 Å². The Morgan fingerprint density at radius 3 is 1.74 bits per heavy atom. The van der Waals surface area contributed by atoms with Crippen LogP contribution < -0.4 is 25.9 Å². The zero-order chi connectivity index (χ0) is 40.8. The molecule has 0 unspecified atom stereocenters. The second-order valence-corrected chi connectivity index (χ2v) is 18.0. The highest BCUT2D eigenvalue weighted by Crippen LogP contribution is 2.46. The minimum absolute atomic E-state index is 0.0864. The molecule has 4 nitrogen and oxygen atoms in total. The molecule has 0 amide bonds. The monoisotopic (exact) mass is 810 g/mol. The van der Waals surface area contributed by atoms with Crippen molar-refractivity contribution in [2.75, 3.05) is 0 Å². The quantitative estimate of drug-likeness (QED) is 0.166. The Labute approximate surface area is 361 Å². The molecule has 5 heterocycles. The molecule has 0 bridgehead atoms. The Hall–Kier alpha value is -7.54. The minimum Gasteiger partial charge on any atom is -0.458 e. The van der Waals surface area contributed by atoms with Crippen molar-refractivity contribution in [3.8, 4) is 45.5 Å². The van der Waals surface area contributed by atoms with Gasteiger partial charge in [-0.2, -0.15) is 0 Å². The van der Waals surface area contributed by atoms with Gasteiger partial charge in [-0.1, -0.05) is 115 Å². The van der Waals surface area contributed by atoms with Gasteiger partial charge in [-0.3, -0.25) is 0 Å². The lowest BCUT2D eigenvalue weighted by Crippen LogP contribution is -2.57. The zero-order valence-corrected chi connectivity index (χ0v) is 34.8. The van der Waals surface area contributed by atoms with Crippen molar-refractivity contribution in [2.24, 2.45) is 0 Å². The molecule has 0 fully saturated rings. The maximum absolute atomic E-state index is 7.22. The number of aryl methyl sites for hydroxylation is 2. The molecule has 0 saturated heterocycles. The second-order valence-electron chi connectivity index (χ2n) is 16.9. The van der Waals surface area contributed by atoms with E-state index < -0.39 is 0 Å². The van der Waals surface area contributed by atoms with Gasteiger partial charge in [-0.15, -0.1) is 11.3 Å². The highest BCUT2D eigenvalue weighted by molar-refractivity contribution is 7.26. The molecule has 290 valence electrons. The molecule has 0 atom stereocenters. The lowest BCUT2D eigenvalue weighted by Gasteiger charge is -2.34. The number of ether oxygens (including phenoxy) is 2. The van der Waals surface area contributed by atoms with Crippen molar-refractivity contribution in [3.63, 3.8) is 0 Å². The Bertz CT molecular complexity index is 3860. The first-order valence-electron chi connectivity index (χ1n) is 21.3. The van der Waals surface area contributed by atoms with E-state index >= 15 is 0 Å². The highest BCUT2D eigenvalue weighted by Gasteiger charge is 2.41. The summed E-state index contributed by atoms with van der Waals surface area (Å²) in [7, 11) is 0. The molecule has 3 aromatic heterocycles. The number of thiophene rings is 1. The Morgan fingerprint density at radius 1 is 0.435 bits per heavy atom. The third kappa shape index (κ3) is 4.62. The van der Waals surface area contributed by atoms with Gasteiger partial charge in [0.15, 0.2) is 0 Å². The summed E-state index contributed by atoms with van der Waals surface area (Å²) in [5.74, 6) is 3.35. The van der Waals surface area contributed by atoms with Gasteiger partial charge in [0.05, 0.1) is 32.5 Å². The van der Waals surface area contributed by atoms with Crippen LogP contribution in [0.2, 0.25) is 0 Å². The SMILES string of the molecule is Cc1cccc2sc3c(c(C)cc4c5ccccc5n(-c5ccc6c(c5)Oc5cc(-n7c8ccccc8c8ccccc87)cc7c5B6c5ccc(-c6ccccc6)cc5O7)c43)c12. The largest absolute Gasteiger partial charge is 0.458 e. The summed E-state index contributed by atoms with van der Waals surface area (Å²) in [6.07, 6.45) is 0. The molecular weight excluding hydrogens is 776 g/mol. The summed E-state index contributed by atoms with van der Waals surface area (Å²) >= 11 is 1.90. The molecule has 62 heavy (non-hydrogen) atoms. The van der Waals surface area contributed by atoms with Crippen molar-refractivity contribution in [1.82, 2.24) is 9.13 Å². The van der Waals surface area contributed by atoms with Crippen LogP contribution in [0.1, 0.15) is 11.1 Å². The fourth-order valence-electron chi connectivity index (χ4n) is 10.8. The van der Waals surface area contributed by atoms with Gasteiger partial charge in [0, 0.05) is 66.4 Å². The Morgan fingerprint density at radius 2 is 1.03 bits per heavy atom. The number of hydrogen-bond acceptors (Lipinski definition) is 3. The number of rotatable bonds is 3. The smallest absolute Gasteiger partial charge is 0.260 e. The number of nitrogens with zero attached hydrogens (tertiary/aromatic N) is 2. The Balaban J connectivity index is 1.03. The molecule has 2 aliphatic heterocycles. The fraction of sp³-hybridized carbons (Fsp3) is 0.0357. The minimum atomic E-state index is -0.0864. The number of benzene rings is 9. The maximum Gasteiger partial charge on any atom is 0.260 e. The van der Waals surface area contributed by atoms with E-state index in [1.54, 1.807) is 0 Å². The van der Waals surface area contributed by atoms with Crippen LogP contribution in [0.15, 0.2) is 176 Å². The molecular formula is C56H35BN2O2S.